The second-order valence-electron chi connectivity index (χ2n) is 7.18. The van der Waals surface area contributed by atoms with Gasteiger partial charge in [-0.25, -0.2) is 4.98 Å². The van der Waals surface area contributed by atoms with Crippen LogP contribution in [0.25, 0.3) is 27.8 Å². The van der Waals surface area contributed by atoms with Crippen molar-refractivity contribution >= 4 is 22.4 Å². The van der Waals surface area contributed by atoms with Gasteiger partial charge in [0.1, 0.15) is 22.9 Å². The average molecular weight is 399 g/mol. The monoisotopic (exact) mass is 399 g/mol. The summed E-state index contributed by atoms with van der Waals surface area (Å²) in [4.78, 5) is 24.0. The van der Waals surface area contributed by atoms with Crippen molar-refractivity contribution in [2.45, 2.75) is 13.5 Å². The highest BCUT2D eigenvalue weighted by molar-refractivity contribution is 5.87. The van der Waals surface area contributed by atoms with Crippen LogP contribution in [0.5, 0.6) is 5.75 Å². The van der Waals surface area contributed by atoms with Crippen molar-refractivity contribution in [1.29, 1.82) is 0 Å². The number of fused-ring (bicyclic) bond motifs is 2. The van der Waals surface area contributed by atoms with E-state index in [9.17, 15) is 4.79 Å². The molecule has 150 valence electrons. The van der Waals surface area contributed by atoms with Gasteiger partial charge in [0.25, 0.3) is 5.56 Å². The first-order valence-corrected chi connectivity index (χ1v) is 9.70. The van der Waals surface area contributed by atoms with Gasteiger partial charge in [0, 0.05) is 23.7 Å². The number of ether oxygens (including phenoxy) is 1. The summed E-state index contributed by atoms with van der Waals surface area (Å²) in [7, 11) is 1.61. The average Bonchev–Trinajstić information content (AvgIpc) is 3.39. The summed E-state index contributed by atoms with van der Waals surface area (Å²) >= 11 is 0. The van der Waals surface area contributed by atoms with Gasteiger partial charge < -0.3 is 20.0 Å². The highest BCUT2D eigenvalue weighted by Crippen LogP contribution is 2.30. The van der Waals surface area contributed by atoms with Gasteiger partial charge in [-0.05, 0) is 54.8 Å². The largest absolute Gasteiger partial charge is 0.497 e. The van der Waals surface area contributed by atoms with E-state index in [0.29, 0.717) is 23.6 Å². The molecule has 0 saturated carbocycles. The molecule has 7 heteroatoms. The molecule has 0 amide bonds. The number of nitrogens with one attached hydrogen (secondary N) is 3. The lowest BCUT2D eigenvalue weighted by Crippen LogP contribution is -2.11. The van der Waals surface area contributed by atoms with E-state index in [2.05, 4.69) is 15.3 Å². The Labute approximate surface area is 172 Å². The highest BCUT2D eigenvalue weighted by Gasteiger charge is 2.18. The van der Waals surface area contributed by atoms with E-state index in [1.54, 1.807) is 7.11 Å². The number of hydrogen-bond donors (Lipinski definition) is 3. The van der Waals surface area contributed by atoms with Crippen LogP contribution >= 0.6 is 0 Å². The van der Waals surface area contributed by atoms with Crippen molar-refractivity contribution in [3.8, 4) is 17.0 Å². The minimum Gasteiger partial charge on any atom is -0.497 e. The predicted octanol–water partition coefficient (Wildman–Crippen LogP) is 4.10. The van der Waals surface area contributed by atoms with Crippen LogP contribution in [0.3, 0.4) is 0 Å². The van der Waals surface area contributed by atoms with E-state index in [0.717, 1.165) is 33.8 Å². The molecular weight excluding hydrogens is 378 g/mol. The number of aromatic amines is 2. The maximum absolute atomic E-state index is 13.0. The molecule has 5 rings (SSSR count). The molecule has 4 aromatic heterocycles. The number of aryl methyl sites for hydroxylation is 1. The second-order valence-corrected chi connectivity index (χ2v) is 7.18. The maximum atomic E-state index is 13.0. The molecule has 0 spiro atoms. The Morgan fingerprint density at radius 2 is 2.03 bits per heavy atom. The Balaban J connectivity index is 1.70. The fourth-order valence-corrected chi connectivity index (χ4v) is 3.74. The molecule has 0 atom stereocenters. The standard InChI is InChI=1S/C23H21N5O2/c1-14-5-3-7-20-27-21(22(28(14)20)25-13-16-6-4-10-24-16)18-11-15-8-9-17(30-2)12-19(15)26-23(18)29/h3-12,24-25H,13H2,1-2H3,(H,26,29). The summed E-state index contributed by atoms with van der Waals surface area (Å²) in [6.45, 7) is 2.61. The van der Waals surface area contributed by atoms with Gasteiger partial charge in [-0.15, -0.1) is 0 Å². The van der Waals surface area contributed by atoms with E-state index in [-0.39, 0.29) is 5.56 Å². The fourth-order valence-electron chi connectivity index (χ4n) is 3.74. The van der Waals surface area contributed by atoms with Crippen LogP contribution in [0.2, 0.25) is 0 Å². The number of anilines is 1. The highest BCUT2D eigenvalue weighted by atomic mass is 16.5. The van der Waals surface area contributed by atoms with Gasteiger partial charge in [0.15, 0.2) is 0 Å². The summed E-state index contributed by atoms with van der Waals surface area (Å²) < 4.78 is 7.30. The third-order valence-electron chi connectivity index (χ3n) is 5.26. The molecule has 3 N–H and O–H groups in total. The van der Waals surface area contributed by atoms with Crippen molar-refractivity contribution in [2.75, 3.05) is 12.4 Å². The van der Waals surface area contributed by atoms with Gasteiger partial charge >= 0.3 is 0 Å². The number of rotatable bonds is 5. The van der Waals surface area contributed by atoms with Crippen LogP contribution in [0.1, 0.15) is 11.4 Å². The Kier molecular flexibility index (Phi) is 4.28. The van der Waals surface area contributed by atoms with Crippen molar-refractivity contribution in [2.24, 2.45) is 0 Å². The number of methoxy groups -OCH3 is 1. The Morgan fingerprint density at radius 3 is 2.83 bits per heavy atom. The molecule has 0 fully saturated rings. The van der Waals surface area contributed by atoms with Crippen molar-refractivity contribution in [3.63, 3.8) is 0 Å². The third-order valence-corrected chi connectivity index (χ3v) is 5.26. The Morgan fingerprint density at radius 1 is 1.13 bits per heavy atom. The number of pyridine rings is 2. The normalized spacial score (nSPS) is 11.3. The van der Waals surface area contributed by atoms with Crippen molar-refractivity contribution < 1.29 is 4.74 Å². The van der Waals surface area contributed by atoms with Crippen LogP contribution in [0, 0.1) is 6.92 Å². The molecule has 1 aromatic carbocycles. The predicted molar refractivity (Wildman–Crippen MR) is 118 cm³/mol. The summed E-state index contributed by atoms with van der Waals surface area (Å²) in [6.07, 6.45) is 1.89. The topological polar surface area (TPSA) is 87.2 Å². The smallest absolute Gasteiger partial charge is 0.258 e. The molecule has 30 heavy (non-hydrogen) atoms. The van der Waals surface area contributed by atoms with Crippen LogP contribution < -0.4 is 15.6 Å². The summed E-state index contributed by atoms with van der Waals surface area (Å²) in [5.41, 5.74) is 4.53. The zero-order valence-electron chi connectivity index (χ0n) is 16.7. The fraction of sp³-hybridized carbons (Fsp3) is 0.130. The zero-order chi connectivity index (χ0) is 20.7. The number of hydrogen-bond acceptors (Lipinski definition) is 4. The molecule has 0 aliphatic heterocycles. The van der Waals surface area contributed by atoms with Gasteiger partial charge in [0.05, 0.1) is 24.7 Å². The quantitative estimate of drug-likeness (QED) is 0.415. The third kappa shape index (κ3) is 3.00. The van der Waals surface area contributed by atoms with Crippen LogP contribution in [-0.2, 0) is 6.54 Å². The molecule has 0 aliphatic carbocycles. The molecule has 0 bridgehead atoms. The van der Waals surface area contributed by atoms with Crippen LogP contribution in [0.15, 0.2) is 65.6 Å². The van der Waals surface area contributed by atoms with Gasteiger partial charge in [-0.3, -0.25) is 9.20 Å². The van der Waals surface area contributed by atoms with E-state index < -0.39 is 0 Å². The van der Waals surface area contributed by atoms with Crippen molar-refractivity contribution in [3.05, 3.63) is 82.5 Å². The van der Waals surface area contributed by atoms with Crippen LogP contribution in [-0.4, -0.2) is 26.5 Å². The number of nitrogens with zero attached hydrogens (tertiary/aromatic N) is 2. The lowest BCUT2D eigenvalue weighted by molar-refractivity contribution is 0.415. The molecule has 0 aliphatic rings. The van der Waals surface area contributed by atoms with Crippen molar-refractivity contribution in [1.82, 2.24) is 19.4 Å². The summed E-state index contributed by atoms with van der Waals surface area (Å²) in [6, 6.07) is 17.4. The molecular formula is C23H21N5O2. The van der Waals surface area contributed by atoms with E-state index >= 15 is 0 Å². The van der Waals surface area contributed by atoms with E-state index in [1.807, 2.05) is 72.1 Å². The Hall–Kier alpha value is -4.00. The first-order valence-electron chi connectivity index (χ1n) is 9.70. The summed E-state index contributed by atoms with van der Waals surface area (Å²) in [5.74, 6) is 1.48. The minimum absolute atomic E-state index is 0.195. The number of imidazole rings is 1. The molecule has 7 nitrogen and oxygen atoms in total. The molecule has 5 aromatic rings. The molecule has 0 unspecified atom stereocenters. The number of aromatic nitrogens is 4. The van der Waals surface area contributed by atoms with E-state index in [4.69, 9.17) is 9.72 Å². The van der Waals surface area contributed by atoms with Gasteiger partial charge in [0.2, 0.25) is 0 Å². The van der Waals surface area contributed by atoms with Crippen LogP contribution in [0.4, 0.5) is 5.82 Å². The first kappa shape index (κ1) is 18.1. The summed E-state index contributed by atoms with van der Waals surface area (Å²) in [5, 5.41) is 4.38. The van der Waals surface area contributed by atoms with E-state index in [1.165, 1.54) is 0 Å². The minimum atomic E-state index is -0.195. The first-order chi connectivity index (χ1) is 14.6. The molecule has 0 saturated heterocycles. The zero-order valence-corrected chi connectivity index (χ0v) is 16.7. The SMILES string of the molecule is COc1ccc2cc(-c3nc4cccc(C)n4c3NCc3ccc[nH]3)c(=O)[nH]c2c1. The molecule has 0 radical (unpaired) electrons. The lowest BCUT2D eigenvalue weighted by Gasteiger charge is -2.10. The lowest BCUT2D eigenvalue weighted by atomic mass is 10.1. The van der Waals surface area contributed by atoms with Gasteiger partial charge in [-0.1, -0.05) is 6.07 Å². The number of H-pyrrole nitrogens is 2. The number of benzene rings is 1. The van der Waals surface area contributed by atoms with Gasteiger partial charge in [-0.2, -0.15) is 0 Å². The second kappa shape index (κ2) is 7.11. The maximum Gasteiger partial charge on any atom is 0.258 e. The molecule has 4 heterocycles. The Bertz CT molecular complexity index is 1410.